The molecule has 0 saturated carbocycles. The molecular formula is C18H17N3O2. The van der Waals surface area contributed by atoms with Gasteiger partial charge in [0.1, 0.15) is 0 Å². The lowest BCUT2D eigenvalue weighted by atomic mass is 10.2. The van der Waals surface area contributed by atoms with Crippen molar-refractivity contribution in [1.82, 2.24) is 4.90 Å². The van der Waals surface area contributed by atoms with Crippen molar-refractivity contribution in [1.29, 1.82) is 5.26 Å². The molecule has 0 aliphatic rings. The molecule has 23 heavy (non-hydrogen) atoms. The Bertz CT molecular complexity index is 735. The quantitative estimate of drug-likeness (QED) is 0.882. The second kappa shape index (κ2) is 7.76. The normalized spacial score (nSPS) is 9.74. The van der Waals surface area contributed by atoms with Crippen LogP contribution in [-0.4, -0.2) is 23.3 Å². The Balaban J connectivity index is 2.05. The van der Waals surface area contributed by atoms with Crippen LogP contribution < -0.4 is 5.32 Å². The van der Waals surface area contributed by atoms with Crippen LogP contribution in [0.25, 0.3) is 0 Å². The first kappa shape index (κ1) is 16.2. The van der Waals surface area contributed by atoms with E-state index in [1.54, 1.807) is 18.2 Å². The van der Waals surface area contributed by atoms with Crippen LogP contribution >= 0.6 is 0 Å². The van der Waals surface area contributed by atoms with Gasteiger partial charge in [0.15, 0.2) is 0 Å². The predicted octanol–water partition coefficient (Wildman–Crippen LogP) is 2.55. The third kappa shape index (κ3) is 4.42. The van der Waals surface area contributed by atoms with E-state index >= 15 is 0 Å². The average molecular weight is 307 g/mol. The SMILES string of the molecule is CCN(Cc1ccccc1)C(=O)C(=O)Nc1cccc(C#N)c1. The van der Waals surface area contributed by atoms with Crippen LogP contribution in [0, 0.1) is 11.3 Å². The summed E-state index contributed by atoms with van der Waals surface area (Å²) in [5.41, 5.74) is 1.81. The number of hydrogen-bond acceptors (Lipinski definition) is 3. The first-order valence-corrected chi connectivity index (χ1v) is 7.28. The Hall–Kier alpha value is -3.13. The predicted molar refractivity (Wildman–Crippen MR) is 87.3 cm³/mol. The van der Waals surface area contributed by atoms with Crippen LogP contribution in [0.15, 0.2) is 54.6 Å². The summed E-state index contributed by atoms with van der Waals surface area (Å²) in [6.07, 6.45) is 0. The standard InChI is InChI=1S/C18H17N3O2/c1-2-21(13-14-7-4-3-5-8-14)18(23)17(22)20-16-10-6-9-15(11-16)12-19/h3-11H,2,13H2,1H3,(H,20,22). The molecule has 2 aromatic carbocycles. The summed E-state index contributed by atoms with van der Waals surface area (Å²) < 4.78 is 0. The van der Waals surface area contributed by atoms with Gasteiger partial charge in [-0.1, -0.05) is 36.4 Å². The minimum atomic E-state index is -0.710. The Morgan fingerprint density at radius 1 is 1.13 bits per heavy atom. The highest BCUT2D eigenvalue weighted by Crippen LogP contribution is 2.11. The number of carbonyl (C=O) groups excluding carboxylic acids is 2. The number of nitrogens with one attached hydrogen (secondary N) is 1. The highest BCUT2D eigenvalue weighted by atomic mass is 16.2. The fraction of sp³-hybridized carbons (Fsp3) is 0.167. The Kier molecular flexibility index (Phi) is 5.48. The summed E-state index contributed by atoms with van der Waals surface area (Å²) in [6.45, 7) is 2.63. The van der Waals surface area contributed by atoms with Crippen LogP contribution in [0.2, 0.25) is 0 Å². The number of carbonyl (C=O) groups is 2. The Labute approximate surface area is 135 Å². The van der Waals surface area contributed by atoms with Crippen molar-refractivity contribution < 1.29 is 9.59 Å². The van der Waals surface area contributed by atoms with Gasteiger partial charge in [-0.05, 0) is 30.7 Å². The van der Waals surface area contributed by atoms with E-state index in [4.69, 9.17) is 5.26 Å². The van der Waals surface area contributed by atoms with E-state index in [1.165, 1.54) is 11.0 Å². The van der Waals surface area contributed by atoms with Crippen LogP contribution in [0.4, 0.5) is 5.69 Å². The van der Waals surface area contributed by atoms with E-state index in [9.17, 15) is 9.59 Å². The van der Waals surface area contributed by atoms with Crippen LogP contribution in [0.3, 0.4) is 0 Å². The molecule has 0 saturated heterocycles. The van der Waals surface area contributed by atoms with E-state index in [1.807, 2.05) is 43.3 Å². The molecule has 2 rings (SSSR count). The highest BCUT2D eigenvalue weighted by Gasteiger charge is 2.20. The zero-order valence-electron chi connectivity index (χ0n) is 12.8. The molecule has 0 radical (unpaired) electrons. The fourth-order valence-electron chi connectivity index (χ4n) is 2.13. The summed E-state index contributed by atoms with van der Waals surface area (Å²) in [5, 5.41) is 11.4. The summed E-state index contributed by atoms with van der Waals surface area (Å²) in [4.78, 5) is 25.9. The maximum absolute atomic E-state index is 12.3. The van der Waals surface area contributed by atoms with Gasteiger partial charge in [-0.3, -0.25) is 9.59 Å². The number of nitrogens with zero attached hydrogens (tertiary/aromatic N) is 2. The van der Waals surface area contributed by atoms with E-state index in [0.717, 1.165) is 5.56 Å². The number of amides is 2. The molecule has 116 valence electrons. The Morgan fingerprint density at radius 2 is 1.87 bits per heavy atom. The molecule has 1 N–H and O–H groups in total. The number of benzene rings is 2. The maximum Gasteiger partial charge on any atom is 0.313 e. The molecule has 0 spiro atoms. The van der Waals surface area contributed by atoms with Crippen molar-refractivity contribution in [2.45, 2.75) is 13.5 Å². The van der Waals surface area contributed by atoms with Gasteiger partial charge in [-0.2, -0.15) is 5.26 Å². The average Bonchev–Trinajstić information content (AvgIpc) is 2.60. The van der Waals surface area contributed by atoms with Crippen molar-refractivity contribution in [3.63, 3.8) is 0 Å². The lowest BCUT2D eigenvalue weighted by Crippen LogP contribution is -2.39. The fourth-order valence-corrected chi connectivity index (χ4v) is 2.13. The monoisotopic (exact) mass is 307 g/mol. The van der Waals surface area contributed by atoms with E-state index in [-0.39, 0.29) is 0 Å². The van der Waals surface area contributed by atoms with Gasteiger partial charge < -0.3 is 10.2 Å². The first-order chi connectivity index (χ1) is 11.1. The zero-order valence-corrected chi connectivity index (χ0v) is 12.8. The zero-order chi connectivity index (χ0) is 16.7. The van der Waals surface area contributed by atoms with Crippen LogP contribution in [0.1, 0.15) is 18.1 Å². The molecule has 0 heterocycles. The van der Waals surface area contributed by atoms with Gasteiger partial charge in [0.2, 0.25) is 0 Å². The largest absolute Gasteiger partial charge is 0.330 e. The van der Waals surface area contributed by atoms with E-state index in [0.29, 0.717) is 24.3 Å². The molecule has 0 fully saturated rings. The van der Waals surface area contributed by atoms with Crippen molar-refractivity contribution in [2.24, 2.45) is 0 Å². The minimum Gasteiger partial charge on any atom is -0.330 e. The van der Waals surface area contributed by atoms with Crippen molar-refractivity contribution in [2.75, 3.05) is 11.9 Å². The molecule has 0 aliphatic heterocycles. The number of nitriles is 1. The number of hydrogen-bond donors (Lipinski definition) is 1. The first-order valence-electron chi connectivity index (χ1n) is 7.28. The van der Waals surface area contributed by atoms with Gasteiger partial charge in [-0.15, -0.1) is 0 Å². The lowest BCUT2D eigenvalue weighted by Gasteiger charge is -2.20. The molecule has 0 aliphatic carbocycles. The van der Waals surface area contributed by atoms with E-state index in [2.05, 4.69) is 5.32 Å². The van der Waals surface area contributed by atoms with Crippen LogP contribution in [-0.2, 0) is 16.1 Å². The number of rotatable bonds is 4. The molecule has 0 bridgehead atoms. The van der Waals surface area contributed by atoms with Gasteiger partial charge in [-0.25, -0.2) is 0 Å². The molecule has 5 heteroatoms. The molecule has 2 aromatic rings. The molecule has 0 unspecified atom stereocenters. The smallest absolute Gasteiger partial charge is 0.313 e. The Morgan fingerprint density at radius 3 is 2.52 bits per heavy atom. The van der Waals surface area contributed by atoms with Gasteiger partial charge in [0.05, 0.1) is 11.6 Å². The summed E-state index contributed by atoms with van der Waals surface area (Å²) in [6, 6.07) is 17.9. The van der Waals surface area contributed by atoms with Gasteiger partial charge in [0.25, 0.3) is 0 Å². The summed E-state index contributed by atoms with van der Waals surface area (Å²) >= 11 is 0. The maximum atomic E-state index is 12.3. The van der Waals surface area contributed by atoms with Gasteiger partial charge >= 0.3 is 11.8 Å². The summed E-state index contributed by atoms with van der Waals surface area (Å²) in [7, 11) is 0. The highest BCUT2D eigenvalue weighted by molar-refractivity contribution is 6.39. The third-order valence-corrected chi connectivity index (χ3v) is 3.33. The number of likely N-dealkylation sites (N-methyl/N-ethyl adjacent to an activating group) is 1. The van der Waals surface area contributed by atoms with Crippen LogP contribution in [0.5, 0.6) is 0 Å². The van der Waals surface area contributed by atoms with Crippen molar-refractivity contribution in [3.8, 4) is 6.07 Å². The topological polar surface area (TPSA) is 73.2 Å². The third-order valence-electron chi connectivity index (χ3n) is 3.33. The van der Waals surface area contributed by atoms with Crippen molar-refractivity contribution >= 4 is 17.5 Å². The van der Waals surface area contributed by atoms with Gasteiger partial charge in [0, 0.05) is 18.8 Å². The molecule has 2 amide bonds. The number of anilines is 1. The second-order valence-corrected chi connectivity index (χ2v) is 4.95. The second-order valence-electron chi connectivity index (χ2n) is 4.95. The minimum absolute atomic E-state index is 0.377. The molecule has 0 atom stereocenters. The molecule has 5 nitrogen and oxygen atoms in total. The lowest BCUT2D eigenvalue weighted by molar-refractivity contribution is -0.143. The van der Waals surface area contributed by atoms with Crippen molar-refractivity contribution in [3.05, 3.63) is 65.7 Å². The molecular weight excluding hydrogens is 290 g/mol. The van der Waals surface area contributed by atoms with E-state index < -0.39 is 11.8 Å². The molecule has 0 aromatic heterocycles. The summed E-state index contributed by atoms with van der Waals surface area (Å²) in [5.74, 6) is -1.31.